The van der Waals surface area contributed by atoms with Crippen LogP contribution in [0.2, 0.25) is 0 Å². The fraction of sp³-hybridized carbons (Fsp3) is 0.929. The molecule has 1 aliphatic heterocycles. The average Bonchev–Trinajstić information content (AvgIpc) is 2.75. The van der Waals surface area contributed by atoms with E-state index in [1.165, 1.54) is 0 Å². The lowest BCUT2D eigenvalue weighted by molar-refractivity contribution is -0.142. The van der Waals surface area contributed by atoms with Gasteiger partial charge in [-0.3, -0.25) is 4.79 Å². The van der Waals surface area contributed by atoms with Crippen LogP contribution in [0, 0.1) is 11.3 Å². The van der Waals surface area contributed by atoms with Crippen molar-refractivity contribution >= 4 is 5.91 Å². The molecule has 1 aliphatic rings. The molecule has 0 saturated carbocycles. The maximum atomic E-state index is 12.7. The van der Waals surface area contributed by atoms with Gasteiger partial charge in [0, 0.05) is 19.6 Å². The Bertz CT molecular complexity index is 245. The van der Waals surface area contributed by atoms with Gasteiger partial charge in [0.15, 0.2) is 0 Å². The highest BCUT2D eigenvalue weighted by atomic mass is 16.2. The predicted molar refractivity (Wildman–Crippen MR) is 71.9 cm³/mol. The number of nitrogens with one attached hydrogen (secondary N) is 1. The lowest BCUT2D eigenvalue weighted by Crippen LogP contribution is -2.46. The smallest absolute Gasteiger partial charge is 0.230 e. The summed E-state index contributed by atoms with van der Waals surface area (Å²) in [5.41, 5.74) is -0.111. The third-order valence-electron chi connectivity index (χ3n) is 3.68. The Morgan fingerprint density at radius 3 is 2.53 bits per heavy atom. The quantitative estimate of drug-likeness (QED) is 0.772. The summed E-state index contributed by atoms with van der Waals surface area (Å²) in [6.07, 6.45) is 3.12. The number of rotatable bonds is 6. The molecular weight excluding hydrogens is 212 g/mol. The van der Waals surface area contributed by atoms with Crippen molar-refractivity contribution in [1.82, 2.24) is 10.2 Å². The molecule has 0 aromatic rings. The molecule has 17 heavy (non-hydrogen) atoms. The van der Waals surface area contributed by atoms with Gasteiger partial charge in [-0.1, -0.05) is 27.2 Å². The van der Waals surface area contributed by atoms with Crippen molar-refractivity contribution in [2.24, 2.45) is 11.3 Å². The Balaban J connectivity index is 2.75. The van der Waals surface area contributed by atoms with E-state index in [1.54, 1.807) is 0 Å². The molecule has 1 N–H and O–H groups in total. The van der Waals surface area contributed by atoms with Crippen molar-refractivity contribution in [3.05, 3.63) is 0 Å². The topological polar surface area (TPSA) is 32.3 Å². The molecule has 0 aromatic heterocycles. The Kier molecular flexibility index (Phi) is 5.44. The summed E-state index contributed by atoms with van der Waals surface area (Å²) < 4.78 is 0. The molecule has 0 aromatic carbocycles. The van der Waals surface area contributed by atoms with Crippen molar-refractivity contribution < 1.29 is 4.79 Å². The average molecular weight is 240 g/mol. The number of nitrogens with zero attached hydrogens (tertiary/aromatic N) is 1. The summed E-state index contributed by atoms with van der Waals surface area (Å²) in [5.74, 6) is 0.924. The molecule has 1 fully saturated rings. The molecule has 3 heteroatoms. The van der Waals surface area contributed by atoms with E-state index < -0.39 is 0 Å². The fourth-order valence-electron chi connectivity index (χ4n) is 2.86. The molecule has 0 aliphatic carbocycles. The minimum atomic E-state index is -0.111. The summed E-state index contributed by atoms with van der Waals surface area (Å²) in [6, 6.07) is 0. The van der Waals surface area contributed by atoms with Gasteiger partial charge in [-0.15, -0.1) is 0 Å². The largest absolute Gasteiger partial charge is 0.342 e. The fourth-order valence-corrected chi connectivity index (χ4v) is 2.86. The van der Waals surface area contributed by atoms with Gasteiger partial charge in [-0.2, -0.15) is 0 Å². The van der Waals surface area contributed by atoms with E-state index in [0.717, 1.165) is 45.4 Å². The SMILES string of the molecule is CCCC1(C(=O)N(CC)CC(C)C)CCNC1. The maximum absolute atomic E-state index is 12.7. The van der Waals surface area contributed by atoms with E-state index in [4.69, 9.17) is 0 Å². The van der Waals surface area contributed by atoms with Crippen LogP contribution in [-0.4, -0.2) is 37.0 Å². The van der Waals surface area contributed by atoms with Crippen molar-refractivity contribution in [3.8, 4) is 0 Å². The second-order valence-electron chi connectivity index (χ2n) is 5.69. The molecule has 0 spiro atoms. The van der Waals surface area contributed by atoms with Crippen molar-refractivity contribution in [3.63, 3.8) is 0 Å². The first-order valence-corrected chi connectivity index (χ1v) is 7.06. The molecule has 0 radical (unpaired) electrons. The van der Waals surface area contributed by atoms with Gasteiger partial charge < -0.3 is 10.2 Å². The molecule has 1 saturated heterocycles. The minimum absolute atomic E-state index is 0.111. The van der Waals surface area contributed by atoms with Crippen LogP contribution in [0.1, 0.15) is 47.0 Å². The van der Waals surface area contributed by atoms with Crippen LogP contribution < -0.4 is 5.32 Å². The highest BCUT2D eigenvalue weighted by Crippen LogP contribution is 2.33. The summed E-state index contributed by atoms with van der Waals surface area (Å²) in [4.78, 5) is 14.8. The summed E-state index contributed by atoms with van der Waals surface area (Å²) >= 11 is 0. The second kappa shape index (κ2) is 6.39. The monoisotopic (exact) mass is 240 g/mol. The van der Waals surface area contributed by atoms with Crippen LogP contribution in [0.4, 0.5) is 0 Å². The van der Waals surface area contributed by atoms with Crippen molar-refractivity contribution in [2.45, 2.75) is 47.0 Å². The first-order valence-electron chi connectivity index (χ1n) is 7.06. The van der Waals surface area contributed by atoms with Gasteiger partial charge in [0.25, 0.3) is 0 Å². The number of hydrogen-bond donors (Lipinski definition) is 1. The van der Waals surface area contributed by atoms with Gasteiger partial charge in [0.1, 0.15) is 0 Å². The Labute approximate surface area is 106 Å². The van der Waals surface area contributed by atoms with Crippen LogP contribution in [-0.2, 0) is 4.79 Å². The number of amides is 1. The summed E-state index contributed by atoms with van der Waals surface area (Å²) in [6.45, 7) is 12.2. The molecule has 1 rings (SSSR count). The minimum Gasteiger partial charge on any atom is -0.342 e. The summed E-state index contributed by atoms with van der Waals surface area (Å²) in [5, 5.41) is 3.36. The lowest BCUT2D eigenvalue weighted by Gasteiger charge is -2.34. The van der Waals surface area contributed by atoms with Crippen LogP contribution >= 0.6 is 0 Å². The van der Waals surface area contributed by atoms with E-state index in [1.807, 2.05) is 4.90 Å². The van der Waals surface area contributed by atoms with E-state index in [-0.39, 0.29) is 5.41 Å². The molecule has 1 heterocycles. The van der Waals surface area contributed by atoms with Gasteiger partial charge in [-0.05, 0) is 32.2 Å². The zero-order valence-electron chi connectivity index (χ0n) is 11.9. The molecule has 1 atom stereocenters. The number of carbonyl (C=O) groups is 1. The second-order valence-corrected chi connectivity index (χ2v) is 5.69. The Morgan fingerprint density at radius 2 is 2.12 bits per heavy atom. The van der Waals surface area contributed by atoms with Crippen molar-refractivity contribution in [2.75, 3.05) is 26.2 Å². The molecular formula is C14H28N2O. The number of carbonyl (C=O) groups excluding carboxylic acids is 1. The zero-order chi connectivity index (χ0) is 12.9. The van der Waals surface area contributed by atoms with E-state index in [2.05, 4.69) is 33.0 Å². The third-order valence-corrected chi connectivity index (χ3v) is 3.68. The van der Waals surface area contributed by atoms with E-state index in [0.29, 0.717) is 11.8 Å². The number of hydrogen-bond acceptors (Lipinski definition) is 2. The van der Waals surface area contributed by atoms with Gasteiger partial charge >= 0.3 is 0 Å². The highest BCUT2D eigenvalue weighted by molar-refractivity contribution is 5.83. The standard InChI is InChI=1S/C14H28N2O/c1-5-7-14(8-9-15-11-14)13(17)16(6-2)10-12(3)4/h12,15H,5-11H2,1-4H3. The molecule has 100 valence electrons. The van der Waals surface area contributed by atoms with Crippen LogP contribution in [0.3, 0.4) is 0 Å². The van der Waals surface area contributed by atoms with Crippen LogP contribution in [0.25, 0.3) is 0 Å². The highest BCUT2D eigenvalue weighted by Gasteiger charge is 2.42. The first kappa shape index (κ1) is 14.5. The summed E-state index contributed by atoms with van der Waals surface area (Å²) in [7, 11) is 0. The van der Waals surface area contributed by atoms with E-state index >= 15 is 0 Å². The van der Waals surface area contributed by atoms with Gasteiger partial charge in [0.05, 0.1) is 5.41 Å². The molecule has 1 unspecified atom stereocenters. The Morgan fingerprint density at radius 1 is 1.41 bits per heavy atom. The molecule has 1 amide bonds. The third kappa shape index (κ3) is 3.44. The van der Waals surface area contributed by atoms with Crippen LogP contribution in [0.15, 0.2) is 0 Å². The zero-order valence-corrected chi connectivity index (χ0v) is 11.9. The predicted octanol–water partition coefficient (Wildman–Crippen LogP) is 2.27. The Hall–Kier alpha value is -0.570. The van der Waals surface area contributed by atoms with Gasteiger partial charge in [-0.25, -0.2) is 0 Å². The lowest BCUT2D eigenvalue weighted by atomic mass is 9.81. The maximum Gasteiger partial charge on any atom is 0.230 e. The molecule has 0 bridgehead atoms. The first-order chi connectivity index (χ1) is 8.05. The van der Waals surface area contributed by atoms with Crippen molar-refractivity contribution in [1.29, 1.82) is 0 Å². The van der Waals surface area contributed by atoms with Gasteiger partial charge in [0.2, 0.25) is 5.91 Å². The van der Waals surface area contributed by atoms with E-state index in [9.17, 15) is 4.79 Å². The normalized spacial score (nSPS) is 24.3. The molecule has 3 nitrogen and oxygen atoms in total. The van der Waals surface area contributed by atoms with Crippen LogP contribution in [0.5, 0.6) is 0 Å².